The van der Waals surface area contributed by atoms with E-state index < -0.39 is 24.7 Å². The van der Waals surface area contributed by atoms with Crippen LogP contribution in [0.4, 0.5) is 18.9 Å². The first-order valence-corrected chi connectivity index (χ1v) is 9.34. The van der Waals surface area contributed by atoms with Crippen LogP contribution in [-0.2, 0) is 11.3 Å². The third-order valence-electron chi connectivity index (χ3n) is 4.44. The van der Waals surface area contributed by atoms with Gasteiger partial charge >= 0.3 is 0 Å². The maximum Gasteiger partial charge on any atom is 0.256 e. The molecule has 0 spiro atoms. The van der Waals surface area contributed by atoms with Gasteiger partial charge < -0.3 is 10.2 Å². The standard InChI is InChI=1S/C22H19F3N4O2/c1-14(30)29(13-21(24)25)20-7-5-16(9-18(20)23)19-6-4-17(12-27-19)22(31)28-11-15-3-2-8-26-10-15/h2-10,12,21H,11,13H2,1H3,(H,28,31). The van der Waals surface area contributed by atoms with Crippen molar-refractivity contribution in [3.05, 3.63) is 78.0 Å². The lowest BCUT2D eigenvalue weighted by molar-refractivity contribution is -0.117. The van der Waals surface area contributed by atoms with Crippen molar-refractivity contribution in [1.82, 2.24) is 15.3 Å². The second kappa shape index (κ2) is 9.84. The highest BCUT2D eigenvalue weighted by atomic mass is 19.3. The number of nitrogens with one attached hydrogen (secondary N) is 1. The predicted octanol–water partition coefficient (Wildman–Crippen LogP) is 3.83. The third-order valence-corrected chi connectivity index (χ3v) is 4.44. The van der Waals surface area contributed by atoms with Crippen LogP contribution in [0, 0.1) is 5.82 Å². The molecule has 3 rings (SSSR count). The van der Waals surface area contributed by atoms with E-state index in [9.17, 15) is 22.8 Å². The summed E-state index contributed by atoms with van der Waals surface area (Å²) >= 11 is 0. The van der Waals surface area contributed by atoms with Crippen molar-refractivity contribution in [3.63, 3.8) is 0 Å². The molecule has 1 aromatic carbocycles. The zero-order valence-electron chi connectivity index (χ0n) is 16.6. The highest BCUT2D eigenvalue weighted by Gasteiger charge is 2.20. The van der Waals surface area contributed by atoms with Gasteiger partial charge in [-0.15, -0.1) is 0 Å². The lowest BCUT2D eigenvalue weighted by Crippen LogP contribution is -2.33. The largest absolute Gasteiger partial charge is 0.348 e. The molecule has 6 nitrogen and oxygen atoms in total. The molecule has 0 aliphatic carbocycles. The molecule has 0 aliphatic rings. The Morgan fingerprint density at radius 2 is 1.94 bits per heavy atom. The number of carbonyl (C=O) groups is 2. The molecule has 0 fully saturated rings. The van der Waals surface area contributed by atoms with Gasteiger partial charge in [0, 0.05) is 37.6 Å². The molecule has 2 amide bonds. The lowest BCUT2D eigenvalue weighted by atomic mass is 10.1. The molecule has 0 saturated carbocycles. The molecule has 0 unspecified atom stereocenters. The number of anilines is 1. The van der Waals surface area contributed by atoms with Crippen molar-refractivity contribution in [2.75, 3.05) is 11.4 Å². The molecule has 3 aromatic rings. The first-order chi connectivity index (χ1) is 14.8. The highest BCUT2D eigenvalue weighted by molar-refractivity contribution is 5.94. The minimum absolute atomic E-state index is 0.233. The van der Waals surface area contributed by atoms with Crippen LogP contribution in [0.2, 0.25) is 0 Å². The van der Waals surface area contributed by atoms with Crippen molar-refractivity contribution >= 4 is 17.5 Å². The summed E-state index contributed by atoms with van der Waals surface area (Å²) in [6.07, 6.45) is 1.86. The van der Waals surface area contributed by atoms with Crippen molar-refractivity contribution in [3.8, 4) is 11.3 Å². The van der Waals surface area contributed by atoms with E-state index in [2.05, 4.69) is 15.3 Å². The second-order valence-corrected chi connectivity index (χ2v) is 6.66. The van der Waals surface area contributed by atoms with Crippen LogP contribution in [0.1, 0.15) is 22.8 Å². The minimum Gasteiger partial charge on any atom is -0.348 e. The number of rotatable bonds is 7. The zero-order valence-corrected chi connectivity index (χ0v) is 16.6. The fourth-order valence-corrected chi connectivity index (χ4v) is 2.91. The number of carbonyl (C=O) groups excluding carboxylic acids is 2. The van der Waals surface area contributed by atoms with Gasteiger partial charge in [0.05, 0.1) is 23.5 Å². The number of pyridine rings is 2. The smallest absolute Gasteiger partial charge is 0.256 e. The Morgan fingerprint density at radius 1 is 1.13 bits per heavy atom. The van der Waals surface area contributed by atoms with E-state index in [1.807, 2.05) is 6.07 Å². The Labute approximate surface area is 176 Å². The number of hydrogen-bond donors (Lipinski definition) is 1. The number of benzene rings is 1. The van der Waals surface area contributed by atoms with Crippen LogP contribution in [0.15, 0.2) is 61.1 Å². The number of aromatic nitrogens is 2. The van der Waals surface area contributed by atoms with Gasteiger partial charge in [-0.05, 0) is 35.9 Å². The fourth-order valence-electron chi connectivity index (χ4n) is 2.91. The summed E-state index contributed by atoms with van der Waals surface area (Å²) < 4.78 is 39.9. The molecule has 0 radical (unpaired) electrons. The Morgan fingerprint density at radius 3 is 2.52 bits per heavy atom. The normalized spacial score (nSPS) is 10.7. The number of amides is 2. The van der Waals surface area contributed by atoms with Crippen molar-refractivity contribution in [2.45, 2.75) is 19.9 Å². The van der Waals surface area contributed by atoms with Crippen LogP contribution in [-0.4, -0.2) is 34.8 Å². The Hall–Kier alpha value is -3.75. The van der Waals surface area contributed by atoms with Crippen LogP contribution in [0.25, 0.3) is 11.3 Å². The van der Waals surface area contributed by atoms with E-state index in [-0.39, 0.29) is 11.6 Å². The highest BCUT2D eigenvalue weighted by Crippen LogP contribution is 2.26. The molecule has 1 N–H and O–H groups in total. The molecule has 2 heterocycles. The maximum atomic E-state index is 14.5. The lowest BCUT2D eigenvalue weighted by Gasteiger charge is -2.21. The average molecular weight is 428 g/mol. The molecular weight excluding hydrogens is 409 g/mol. The molecule has 2 aromatic heterocycles. The SMILES string of the molecule is CC(=O)N(CC(F)F)c1ccc(-c2ccc(C(=O)NCc3cccnc3)cn2)cc1F. The van der Waals surface area contributed by atoms with Crippen LogP contribution in [0.3, 0.4) is 0 Å². The summed E-state index contributed by atoms with van der Waals surface area (Å²) in [4.78, 5) is 32.7. The molecular formula is C22H19F3N4O2. The van der Waals surface area contributed by atoms with Gasteiger partial charge in [0.15, 0.2) is 0 Å². The van der Waals surface area contributed by atoms with Gasteiger partial charge in [0.1, 0.15) is 5.82 Å². The molecule has 0 saturated heterocycles. The molecule has 31 heavy (non-hydrogen) atoms. The van der Waals surface area contributed by atoms with Gasteiger partial charge in [0.2, 0.25) is 5.91 Å². The molecule has 0 aliphatic heterocycles. The maximum absolute atomic E-state index is 14.5. The summed E-state index contributed by atoms with van der Waals surface area (Å²) in [5, 5.41) is 2.75. The van der Waals surface area contributed by atoms with Gasteiger partial charge in [0.25, 0.3) is 12.3 Å². The second-order valence-electron chi connectivity index (χ2n) is 6.66. The summed E-state index contributed by atoms with van der Waals surface area (Å²) in [7, 11) is 0. The summed E-state index contributed by atoms with van der Waals surface area (Å²) in [6.45, 7) is 0.508. The van der Waals surface area contributed by atoms with Gasteiger partial charge in [-0.2, -0.15) is 0 Å². The Balaban J connectivity index is 1.72. The first-order valence-electron chi connectivity index (χ1n) is 9.34. The summed E-state index contributed by atoms with van der Waals surface area (Å²) in [6, 6.07) is 10.5. The van der Waals surface area contributed by atoms with Crippen molar-refractivity contribution < 1.29 is 22.8 Å². The van der Waals surface area contributed by atoms with E-state index in [0.29, 0.717) is 28.3 Å². The third kappa shape index (κ3) is 5.65. The van der Waals surface area contributed by atoms with E-state index >= 15 is 0 Å². The van der Waals surface area contributed by atoms with Crippen LogP contribution in [0.5, 0.6) is 0 Å². The van der Waals surface area contributed by atoms with E-state index in [4.69, 9.17) is 0 Å². The monoisotopic (exact) mass is 428 g/mol. The topological polar surface area (TPSA) is 75.2 Å². The molecule has 0 atom stereocenters. The van der Waals surface area contributed by atoms with E-state index in [0.717, 1.165) is 18.6 Å². The van der Waals surface area contributed by atoms with Gasteiger partial charge in [-0.25, -0.2) is 13.2 Å². The van der Waals surface area contributed by atoms with Crippen LogP contribution >= 0.6 is 0 Å². The van der Waals surface area contributed by atoms with Crippen molar-refractivity contribution in [2.24, 2.45) is 0 Å². The molecule has 9 heteroatoms. The summed E-state index contributed by atoms with van der Waals surface area (Å²) in [5.74, 6) is -1.84. The fraction of sp³-hybridized carbons (Fsp3) is 0.182. The number of alkyl halides is 2. The number of hydrogen-bond acceptors (Lipinski definition) is 4. The van der Waals surface area contributed by atoms with Crippen LogP contribution < -0.4 is 10.2 Å². The first kappa shape index (κ1) is 21.9. The predicted molar refractivity (Wildman–Crippen MR) is 109 cm³/mol. The Kier molecular flexibility index (Phi) is 6.96. The summed E-state index contributed by atoms with van der Waals surface area (Å²) in [5.41, 5.74) is 1.71. The zero-order chi connectivity index (χ0) is 22.4. The number of halogens is 3. The van der Waals surface area contributed by atoms with Gasteiger partial charge in [-0.1, -0.05) is 12.1 Å². The molecule has 0 bridgehead atoms. The van der Waals surface area contributed by atoms with Crippen molar-refractivity contribution in [1.29, 1.82) is 0 Å². The van der Waals surface area contributed by atoms with E-state index in [1.165, 1.54) is 18.3 Å². The Bertz CT molecular complexity index is 1060. The molecule has 160 valence electrons. The van der Waals surface area contributed by atoms with Gasteiger partial charge in [-0.3, -0.25) is 19.6 Å². The quantitative estimate of drug-likeness (QED) is 0.621. The number of nitrogens with zero attached hydrogens (tertiary/aromatic N) is 3. The average Bonchev–Trinajstić information content (AvgIpc) is 2.76. The minimum atomic E-state index is -2.79. The van der Waals surface area contributed by atoms with E-state index in [1.54, 1.807) is 30.6 Å².